The fraction of sp³-hybridized carbons (Fsp3) is 0.324. The summed E-state index contributed by atoms with van der Waals surface area (Å²) in [4.78, 5) is 4.44. The monoisotopic (exact) mass is 544 g/mol. The van der Waals surface area contributed by atoms with E-state index in [1.807, 2.05) is 33.0 Å². The molecule has 0 heterocycles. The highest BCUT2D eigenvalue weighted by Crippen LogP contribution is 2.28. The van der Waals surface area contributed by atoms with E-state index in [1.54, 1.807) is 0 Å². The molecule has 0 radical (unpaired) electrons. The maximum absolute atomic E-state index is 10.3. The van der Waals surface area contributed by atoms with Crippen molar-refractivity contribution in [3.63, 3.8) is 0 Å². The second-order valence-corrected chi connectivity index (χ2v) is 9.28. The number of rotatable bonds is 10. The summed E-state index contributed by atoms with van der Waals surface area (Å²) < 4.78 is 10.3. The highest BCUT2D eigenvalue weighted by Gasteiger charge is 2.16. The molecule has 0 aliphatic carbocycles. The SMILES string of the molecule is C=CCC(C(=C)C(=C)C)C(C)C=CC.C=CN.CCF.CN=C(/C(C)=C\Cc1ccccc1C)c1ccccc1. The lowest BCUT2D eigenvalue weighted by Crippen LogP contribution is -2.11. The molecule has 0 saturated carbocycles. The molecule has 0 fully saturated rings. The smallest absolute Gasteiger partial charge is 0.0866 e. The topological polar surface area (TPSA) is 38.4 Å². The number of alkyl halides is 1. The number of benzene rings is 2. The summed E-state index contributed by atoms with van der Waals surface area (Å²) >= 11 is 0. The van der Waals surface area contributed by atoms with E-state index in [0.717, 1.165) is 29.7 Å². The molecule has 40 heavy (non-hydrogen) atoms. The molecule has 2 nitrogen and oxygen atoms in total. The van der Waals surface area contributed by atoms with E-state index in [4.69, 9.17) is 0 Å². The largest absolute Gasteiger partial charge is 0.405 e. The fourth-order valence-electron chi connectivity index (χ4n) is 3.94. The summed E-state index contributed by atoms with van der Waals surface area (Å²) in [6.45, 7) is 26.7. The Labute approximate surface area is 245 Å². The third-order valence-corrected chi connectivity index (χ3v) is 6.08. The van der Waals surface area contributed by atoms with E-state index >= 15 is 0 Å². The lowest BCUT2D eigenvalue weighted by Gasteiger charge is -2.22. The van der Waals surface area contributed by atoms with Crippen molar-refractivity contribution in [1.29, 1.82) is 0 Å². The molecule has 2 N–H and O–H groups in total. The number of aliphatic imine (C=N–C) groups is 1. The highest BCUT2D eigenvalue weighted by atomic mass is 19.1. The van der Waals surface area contributed by atoms with Crippen molar-refractivity contribution < 1.29 is 4.39 Å². The Morgan fingerprint density at radius 1 is 1.02 bits per heavy atom. The van der Waals surface area contributed by atoms with Crippen LogP contribution in [0.4, 0.5) is 4.39 Å². The molecule has 2 aromatic rings. The van der Waals surface area contributed by atoms with Crippen LogP contribution in [0.1, 0.15) is 57.7 Å². The maximum atomic E-state index is 10.3. The van der Waals surface area contributed by atoms with Gasteiger partial charge in [0.1, 0.15) is 0 Å². The van der Waals surface area contributed by atoms with Crippen LogP contribution in [0.2, 0.25) is 0 Å². The second kappa shape index (κ2) is 24.3. The zero-order valence-electron chi connectivity index (χ0n) is 26.1. The van der Waals surface area contributed by atoms with Crippen molar-refractivity contribution in [3.05, 3.63) is 145 Å². The summed E-state index contributed by atoms with van der Waals surface area (Å²) in [7, 11) is 1.85. The van der Waals surface area contributed by atoms with Gasteiger partial charge >= 0.3 is 0 Å². The van der Waals surface area contributed by atoms with Crippen LogP contribution >= 0.6 is 0 Å². The first kappa shape index (κ1) is 38.4. The Morgan fingerprint density at radius 2 is 1.55 bits per heavy atom. The van der Waals surface area contributed by atoms with Crippen LogP contribution < -0.4 is 5.73 Å². The third-order valence-electron chi connectivity index (χ3n) is 6.08. The Bertz CT molecular complexity index is 1090. The molecule has 0 saturated heterocycles. The summed E-state index contributed by atoms with van der Waals surface area (Å²) in [5.41, 5.74) is 13.0. The van der Waals surface area contributed by atoms with Crippen LogP contribution in [0.15, 0.2) is 133 Å². The van der Waals surface area contributed by atoms with Gasteiger partial charge in [0.05, 0.1) is 12.4 Å². The van der Waals surface area contributed by atoms with Gasteiger partial charge in [0.2, 0.25) is 0 Å². The molecule has 2 aromatic carbocycles. The number of allylic oxidation sites excluding steroid dienone is 7. The summed E-state index contributed by atoms with van der Waals surface area (Å²) in [5.74, 6) is 0.948. The Balaban J connectivity index is 0. The number of aryl methyl sites for hydroxylation is 1. The summed E-state index contributed by atoms with van der Waals surface area (Å²) in [6, 6.07) is 18.9. The highest BCUT2D eigenvalue weighted by molar-refractivity contribution is 6.12. The van der Waals surface area contributed by atoms with Gasteiger partial charge in [-0.3, -0.25) is 9.38 Å². The third kappa shape index (κ3) is 16.3. The van der Waals surface area contributed by atoms with Crippen molar-refractivity contribution in [1.82, 2.24) is 0 Å². The van der Waals surface area contributed by atoms with E-state index in [9.17, 15) is 4.39 Å². The Morgan fingerprint density at radius 3 is 2.00 bits per heavy atom. The second-order valence-electron chi connectivity index (χ2n) is 9.28. The van der Waals surface area contributed by atoms with Crippen molar-refractivity contribution in [2.75, 3.05) is 13.7 Å². The molecule has 0 aliphatic heterocycles. The standard InChI is InChI=1S/C19H21N.C14H22.C2H5F.C2H5N/c1-15-9-7-8-10-17(15)14-13-16(2)19(20-3)18-11-5-4-6-12-18;1-7-9-12(5)14(10-8-2)13(6)11(3)4;2*1-2-3/h4-13H,14H2,1-3H3;7-9,12,14H,2-3,6,10H2,1,4-5H3;2H2,1H3;2H,1,3H2/b16-13-,20-19?;;;. The molecular weight excluding hydrogens is 491 g/mol. The zero-order valence-corrected chi connectivity index (χ0v) is 26.1. The Kier molecular flexibility index (Phi) is 23.4. The molecular formula is C37H53FN2. The average Bonchev–Trinajstić information content (AvgIpc) is 2.93. The van der Waals surface area contributed by atoms with Crippen LogP contribution in [-0.4, -0.2) is 19.4 Å². The summed E-state index contributed by atoms with van der Waals surface area (Å²) in [5, 5.41) is 0. The normalized spacial score (nSPS) is 12.3. The van der Waals surface area contributed by atoms with Gasteiger partial charge in [0, 0.05) is 7.05 Å². The first-order chi connectivity index (χ1) is 19.1. The van der Waals surface area contributed by atoms with Crippen LogP contribution in [-0.2, 0) is 6.42 Å². The number of nitrogens with two attached hydrogens (primary N) is 1. The molecule has 3 heteroatoms. The van der Waals surface area contributed by atoms with Crippen molar-refractivity contribution in [2.45, 2.75) is 54.4 Å². The van der Waals surface area contributed by atoms with Crippen LogP contribution in [0.25, 0.3) is 0 Å². The molecule has 0 bridgehead atoms. The van der Waals surface area contributed by atoms with E-state index < -0.39 is 0 Å². The minimum Gasteiger partial charge on any atom is -0.405 e. The molecule has 0 spiro atoms. The molecule has 218 valence electrons. The van der Waals surface area contributed by atoms with Gasteiger partial charge in [-0.2, -0.15) is 0 Å². The minimum absolute atomic E-state index is 0.250. The average molecular weight is 545 g/mol. The molecule has 0 aromatic heterocycles. The lowest BCUT2D eigenvalue weighted by atomic mass is 9.82. The molecule has 2 rings (SSSR count). The van der Waals surface area contributed by atoms with Gasteiger partial charge in [0.15, 0.2) is 0 Å². The van der Waals surface area contributed by atoms with E-state index in [0.29, 0.717) is 11.8 Å². The maximum Gasteiger partial charge on any atom is 0.0866 e. The minimum atomic E-state index is -0.250. The van der Waals surface area contributed by atoms with E-state index in [2.05, 4.69) is 125 Å². The fourth-order valence-corrected chi connectivity index (χ4v) is 3.94. The predicted molar refractivity (Wildman–Crippen MR) is 180 cm³/mol. The van der Waals surface area contributed by atoms with Gasteiger partial charge in [-0.05, 0) is 93.3 Å². The van der Waals surface area contributed by atoms with Gasteiger partial charge in [-0.1, -0.05) is 111 Å². The quantitative estimate of drug-likeness (QED) is 0.180. The molecule has 0 amide bonds. The Hall–Kier alpha value is -3.72. The predicted octanol–water partition coefficient (Wildman–Crippen LogP) is 10.2. The number of nitrogens with zero attached hydrogens (tertiary/aromatic N) is 1. The lowest BCUT2D eigenvalue weighted by molar-refractivity contribution is 0.497. The number of halogens is 1. The van der Waals surface area contributed by atoms with Crippen molar-refractivity contribution in [2.24, 2.45) is 22.6 Å². The summed E-state index contributed by atoms with van der Waals surface area (Å²) in [6.07, 6.45) is 11.7. The van der Waals surface area contributed by atoms with E-state index in [1.165, 1.54) is 35.4 Å². The molecule has 0 aliphatic rings. The zero-order chi connectivity index (χ0) is 30.9. The first-order valence-electron chi connectivity index (χ1n) is 13.8. The van der Waals surface area contributed by atoms with Gasteiger partial charge < -0.3 is 5.73 Å². The first-order valence-corrected chi connectivity index (χ1v) is 13.8. The van der Waals surface area contributed by atoms with Crippen molar-refractivity contribution in [3.8, 4) is 0 Å². The number of hydrogen-bond acceptors (Lipinski definition) is 2. The van der Waals surface area contributed by atoms with Crippen LogP contribution in [0, 0.1) is 18.8 Å². The van der Waals surface area contributed by atoms with Crippen molar-refractivity contribution >= 4 is 5.71 Å². The molecule has 2 atom stereocenters. The van der Waals surface area contributed by atoms with Crippen LogP contribution in [0.3, 0.4) is 0 Å². The van der Waals surface area contributed by atoms with Gasteiger partial charge in [-0.25, -0.2) is 0 Å². The molecule has 2 unspecified atom stereocenters. The van der Waals surface area contributed by atoms with E-state index in [-0.39, 0.29) is 6.67 Å². The van der Waals surface area contributed by atoms with Gasteiger partial charge in [0.25, 0.3) is 0 Å². The van der Waals surface area contributed by atoms with Crippen LogP contribution in [0.5, 0.6) is 0 Å². The number of hydrogen-bond donors (Lipinski definition) is 1. The van der Waals surface area contributed by atoms with Gasteiger partial charge in [-0.15, -0.1) is 6.58 Å².